The number of hydrogen-bond acceptors (Lipinski definition) is 7. The molecule has 2 aromatic heterocycles. The third kappa shape index (κ3) is 3.79. The van der Waals surface area contributed by atoms with Crippen LogP contribution in [0.3, 0.4) is 0 Å². The third-order valence-electron chi connectivity index (χ3n) is 5.18. The molecule has 10 nitrogen and oxygen atoms in total. The van der Waals surface area contributed by atoms with Crippen molar-refractivity contribution in [3.8, 4) is 17.6 Å². The van der Waals surface area contributed by atoms with Crippen molar-refractivity contribution in [1.82, 2.24) is 23.9 Å². The van der Waals surface area contributed by atoms with Gasteiger partial charge in [-0.2, -0.15) is 23.1 Å². The summed E-state index contributed by atoms with van der Waals surface area (Å²) in [5.41, 5.74) is 1.08. The Morgan fingerprint density at radius 2 is 2.09 bits per heavy atom. The lowest BCUT2D eigenvalue weighted by Crippen LogP contribution is -2.34. The van der Waals surface area contributed by atoms with E-state index in [-0.39, 0.29) is 36.5 Å². The highest BCUT2D eigenvalue weighted by molar-refractivity contribution is 7.90. The Hall–Kier alpha value is -3.89. The van der Waals surface area contributed by atoms with E-state index in [1.165, 1.54) is 16.9 Å². The van der Waals surface area contributed by atoms with Crippen LogP contribution >= 0.6 is 0 Å². The number of rotatable bonds is 5. The van der Waals surface area contributed by atoms with Gasteiger partial charge in [0.1, 0.15) is 29.9 Å². The number of nitrogens with one attached hydrogen (secondary N) is 1. The number of hydrogen-bond donors (Lipinski definition) is 1. The van der Waals surface area contributed by atoms with Crippen LogP contribution in [0, 0.1) is 17.1 Å². The van der Waals surface area contributed by atoms with Crippen molar-refractivity contribution < 1.29 is 21.9 Å². The summed E-state index contributed by atoms with van der Waals surface area (Å²) in [7, 11) is -4.14. The van der Waals surface area contributed by atoms with E-state index in [1.54, 1.807) is 24.4 Å². The lowest BCUT2D eigenvalue weighted by atomic mass is 10.1. The Kier molecular flexibility index (Phi) is 5.03. The van der Waals surface area contributed by atoms with Crippen LogP contribution in [0.25, 0.3) is 16.7 Å². The Bertz CT molecular complexity index is 1530. The van der Waals surface area contributed by atoms with E-state index >= 15 is 0 Å². The SMILES string of the molecule is N#Cc1c(NS(=O)(=O)N2CC[C@@H](F)C2)ccc(F)c1Oc1ccc2ncc3ncnn3c2c1. The summed E-state index contributed by atoms with van der Waals surface area (Å²) >= 11 is 0. The zero-order valence-corrected chi connectivity index (χ0v) is 17.6. The number of alkyl halides is 1. The fraction of sp³-hybridized carbons (Fsp3) is 0.200. The molecule has 0 saturated carbocycles. The van der Waals surface area contributed by atoms with Crippen LogP contribution in [0.4, 0.5) is 14.5 Å². The molecule has 168 valence electrons. The van der Waals surface area contributed by atoms with E-state index in [4.69, 9.17) is 4.74 Å². The van der Waals surface area contributed by atoms with Crippen LogP contribution in [0.15, 0.2) is 42.9 Å². The van der Waals surface area contributed by atoms with Gasteiger partial charge in [0.25, 0.3) is 0 Å². The van der Waals surface area contributed by atoms with Crippen LogP contribution in [-0.2, 0) is 10.2 Å². The number of anilines is 1. The molecule has 1 aliphatic rings. The van der Waals surface area contributed by atoms with Crippen LogP contribution in [0.1, 0.15) is 12.0 Å². The third-order valence-corrected chi connectivity index (χ3v) is 6.67. The summed E-state index contributed by atoms with van der Waals surface area (Å²) < 4.78 is 63.7. The summed E-state index contributed by atoms with van der Waals surface area (Å²) in [5.74, 6) is -1.15. The zero-order valence-electron chi connectivity index (χ0n) is 16.8. The van der Waals surface area contributed by atoms with E-state index in [0.717, 1.165) is 16.4 Å². The Balaban J connectivity index is 1.52. The lowest BCUT2D eigenvalue weighted by molar-refractivity contribution is 0.343. The molecular formula is C20H15F2N7O3S. The number of fused-ring (bicyclic) bond motifs is 3. The van der Waals surface area contributed by atoms with Crippen LogP contribution in [-0.4, -0.2) is 51.6 Å². The highest BCUT2D eigenvalue weighted by Crippen LogP contribution is 2.35. The quantitative estimate of drug-likeness (QED) is 0.474. The van der Waals surface area contributed by atoms with E-state index < -0.39 is 27.9 Å². The molecule has 33 heavy (non-hydrogen) atoms. The number of nitrogens with zero attached hydrogens (tertiary/aromatic N) is 6. The van der Waals surface area contributed by atoms with Gasteiger partial charge in [0.2, 0.25) is 0 Å². The molecular weight excluding hydrogens is 456 g/mol. The first-order valence-corrected chi connectivity index (χ1v) is 11.2. The molecule has 1 N–H and O–H groups in total. The van der Waals surface area contributed by atoms with Gasteiger partial charge in [0.05, 0.1) is 22.9 Å². The second-order valence-electron chi connectivity index (χ2n) is 7.30. The number of nitriles is 1. The summed E-state index contributed by atoms with van der Waals surface area (Å²) in [4.78, 5) is 8.32. The molecule has 0 amide bonds. The number of ether oxygens (including phenoxy) is 1. The fourth-order valence-electron chi connectivity index (χ4n) is 3.58. The smallest absolute Gasteiger partial charge is 0.301 e. The minimum atomic E-state index is -4.14. The zero-order chi connectivity index (χ0) is 23.2. The number of benzene rings is 2. The van der Waals surface area contributed by atoms with Gasteiger partial charge in [-0.3, -0.25) is 9.71 Å². The lowest BCUT2D eigenvalue weighted by Gasteiger charge is -2.18. The molecule has 2 aromatic carbocycles. The molecule has 5 rings (SSSR count). The molecule has 1 aliphatic heterocycles. The Morgan fingerprint density at radius 3 is 2.85 bits per heavy atom. The predicted octanol–water partition coefficient (Wildman–Crippen LogP) is 2.78. The van der Waals surface area contributed by atoms with Gasteiger partial charge in [0, 0.05) is 19.2 Å². The van der Waals surface area contributed by atoms with E-state index in [2.05, 4.69) is 19.8 Å². The molecule has 0 unspecified atom stereocenters. The predicted molar refractivity (Wildman–Crippen MR) is 113 cm³/mol. The van der Waals surface area contributed by atoms with E-state index in [1.807, 2.05) is 0 Å². The second kappa shape index (κ2) is 7.91. The number of halogens is 2. The topological polar surface area (TPSA) is 126 Å². The largest absolute Gasteiger partial charge is 0.453 e. The van der Waals surface area contributed by atoms with E-state index in [9.17, 15) is 22.5 Å². The number of aromatic nitrogens is 4. The molecule has 0 radical (unpaired) electrons. The van der Waals surface area contributed by atoms with Gasteiger partial charge in [-0.1, -0.05) is 0 Å². The Labute approximate surface area is 186 Å². The summed E-state index contributed by atoms with van der Waals surface area (Å²) in [6.45, 7) is -0.283. The monoisotopic (exact) mass is 471 g/mol. The van der Waals surface area contributed by atoms with Crippen LogP contribution in [0.2, 0.25) is 0 Å². The van der Waals surface area contributed by atoms with E-state index in [0.29, 0.717) is 16.7 Å². The Morgan fingerprint density at radius 1 is 1.24 bits per heavy atom. The first-order chi connectivity index (χ1) is 15.9. The van der Waals surface area contributed by atoms with Crippen LogP contribution < -0.4 is 9.46 Å². The standard InChI is InChI=1S/C20H15F2N7O3S/c21-12-5-6-28(10-12)33(30,31)27-16-4-2-15(22)20(14(16)8-23)32-13-1-3-17-18(7-13)29-19(9-24-17)25-11-26-29/h1-4,7,9,11-12,27H,5-6,10H2/t12-/m1/s1. The van der Waals surface area contributed by atoms with Crippen molar-refractivity contribution in [2.75, 3.05) is 17.8 Å². The average molecular weight is 471 g/mol. The van der Waals surface area contributed by atoms with Crippen molar-refractivity contribution in [1.29, 1.82) is 5.26 Å². The summed E-state index contributed by atoms with van der Waals surface area (Å²) in [6.07, 6.45) is 1.73. The first kappa shape index (κ1) is 21.0. The molecule has 0 aliphatic carbocycles. The summed E-state index contributed by atoms with van der Waals surface area (Å²) in [6, 6.07) is 8.59. The van der Waals surface area contributed by atoms with Crippen molar-refractivity contribution >= 4 is 32.6 Å². The van der Waals surface area contributed by atoms with Gasteiger partial charge in [-0.25, -0.2) is 18.3 Å². The van der Waals surface area contributed by atoms with Gasteiger partial charge in [-0.15, -0.1) is 0 Å². The highest BCUT2D eigenvalue weighted by Gasteiger charge is 2.32. The maximum atomic E-state index is 14.7. The molecule has 1 atom stereocenters. The molecule has 13 heteroatoms. The normalized spacial score (nSPS) is 16.8. The first-order valence-electron chi connectivity index (χ1n) is 9.76. The van der Waals surface area contributed by atoms with Gasteiger partial charge in [0.15, 0.2) is 17.2 Å². The molecule has 0 spiro atoms. The van der Waals surface area contributed by atoms with Gasteiger partial charge < -0.3 is 4.74 Å². The van der Waals surface area contributed by atoms with Gasteiger partial charge in [-0.05, 0) is 30.7 Å². The average Bonchev–Trinajstić information content (AvgIpc) is 3.45. The maximum absolute atomic E-state index is 14.7. The van der Waals surface area contributed by atoms with Crippen molar-refractivity contribution in [3.05, 3.63) is 54.2 Å². The molecule has 4 aromatic rings. The van der Waals surface area contributed by atoms with Crippen molar-refractivity contribution in [3.63, 3.8) is 0 Å². The molecule has 0 bridgehead atoms. The second-order valence-corrected chi connectivity index (χ2v) is 8.97. The summed E-state index contributed by atoms with van der Waals surface area (Å²) in [5, 5.41) is 13.8. The fourth-order valence-corrected chi connectivity index (χ4v) is 4.86. The molecule has 1 saturated heterocycles. The van der Waals surface area contributed by atoms with Crippen molar-refractivity contribution in [2.24, 2.45) is 0 Å². The van der Waals surface area contributed by atoms with Crippen LogP contribution in [0.5, 0.6) is 11.5 Å². The highest BCUT2D eigenvalue weighted by atomic mass is 32.2. The minimum absolute atomic E-state index is 0.00478. The molecule has 3 heterocycles. The maximum Gasteiger partial charge on any atom is 0.301 e. The van der Waals surface area contributed by atoms with Gasteiger partial charge >= 0.3 is 10.2 Å². The minimum Gasteiger partial charge on any atom is -0.453 e. The molecule has 1 fully saturated rings. The van der Waals surface area contributed by atoms with Crippen molar-refractivity contribution in [2.45, 2.75) is 12.6 Å².